The first-order valence-electron chi connectivity index (χ1n) is 11.8. The molecule has 3 aromatic carbocycles. The van der Waals surface area contributed by atoms with Gasteiger partial charge in [-0.05, 0) is 67.4 Å². The fraction of sp³-hybridized carbons (Fsp3) is 0.214. The van der Waals surface area contributed by atoms with Crippen molar-refractivity contribution >= 4 is 29.1 Å². The number of nitrogens with zero attached hydrogens (tertiary/aromatic N) is 4. The molecule has 9 heteroatoms. The number of para-hydroxylation sites is 1. The van der Waals surface area contributed by atoms with Gasteiger partial charge in [-0.3, -0.25) is 10.1 Å². The number of nitriles is 1. The highest BCUT2D eigenvalue weighted by atomic mass is 19.1. The number of piperazine rings is 1. The number of urea groups is 1. The van der Waals surface area contributed by atoms with Crippen molar-refractivity contribution in [3.63, 3.8) is 0 Å². The van der Waals surface area contributed by atoms with Crippen molar-refractivity contribution in [1.82, 2.24) is 15.1 Å². The molecular formula is C28H27FN6O2. The van der Waals surface area contributed by atoms with Crippen LogP contribution in [0, 0.1) is 24.2 Å². The van der Waals surface area contributed by atoms with Crippen molar-refractivity contribution in [1.29, 1.82) is 5.26 Å². The van der Waals surface area contributed by atoms with Crippen LogP contribution >= 0.6 is 0 Å². The van der Waals surface area contributed by atoms with Crippen molar-refractivity contribution in [3.8, 4) is 6.19 Å². The van der Waals surface area contributed by atoms with E-state index >= 15 is 0 Å². The van der Waals surface area contributed by atoms with Gasteiger partial charge in [-0.1, -0.05) is 30.3 Å². The molecular weight excluding hydrogens is 471 g/mol. The Morgan fingerprint density at radius 2 is 1.73 bits per heavy atom. The Bertz CT molecular complexity index is 1350. The lowest BCUT2D eigenvalue weighted by molar-refractivity contribution is 0.101. The predicted octanol–water partition coefficient (Wildman–Crippen LogP) is 4.99. The maximum Gasteiger partial charge on any atom is 0.322 e. The number of hydrogen-bond acceptors (Lipinski definition) is 4. The van der Waals surface area contributed by atoms with Crippen molar-refractivity contribution in [2.45, 2.75) is 19.9 Å². The molecule has 1 aliphatic heterocycles. The Hall–Kier alpha value is -4.71. The minimum Gasteiger partial charge on any atom is -0.338 e. The zero-order valence-electron chi connectivity index (χ0n) is 20.6. The van der Waals surface area contributed by atoms with Crippen molar-refractivity contribution in [2.24, 2.45) is 4.99 Å². The molecule has 4 rings (SSSR count). The number of guanidine groups is 1. The van der Waals surface area contributed by atoms with Crippen LogP contribution in [-0.4, -0.2) is 47.2 Å². The number of carbonyl (C=O) groups excluding carboxylic acids is 2. The SMILES string of the molecule is CC(=O)c1ccc(NC(=O)N2CCN(C(=Nc3ccccc3C)NC#N)CC2c2ccc(F)cc2)cc1. The van der Waals surface area contributed by atoms with E-state index in [1.54, 1.807) is 41.3 Å². The summed E-state index contributed by atoms with van der Waals surface area (Å²) in [5.41, 5.74) is 3.56. The summed E-state index contributed by atoms with van der Waals surface area (Å²) in [5.74, 6) is -0.0470. The molecule has 2 N–H and O–H groups in total. The molecule has 1 fully saturated rings. The summed E-state index contributed by atoms with van der Waals surface area (Å²) < 4.78 is 13.7. The highest BCUT2D eigenvalue weighted by Gasteiger charge is 2.33. The summed E-state index contributed by atoms with van der Waals surface area (Å²) in [6, 6.07) is 19.6. The van der Waals surface area contributed by atoms with E-state index in [-0.39, 0.29) is 17.6 Å². The van der Waals surface area contributed by atoms with Gasteiger partial charge in [-0.2, -0.15) is 5.26 Å². The maximum absolute atomic E-state index is 13.7. The number of benzene rings is 3. The van der Waals surface area contributed by atoms with E-state index < -0.39 is 6.04 Å². The van der Waals surface area contributed by atoms with E-state index in [0.717, 1.165) is 16.8 Å². The second-order valence-electron chi connectivity index (χ2n) is 8.73. The number of rotatable bonds is 4. The number of amides is 2. The summed E-state index contributed by atoms with van der Waals surface area (Å²) in [6.45, 7) is 4.52. The number of Topliss-reactive ketones (excluding diaryl/α,β-unsaturated/α-hetero) is 1. The highest BCUT2D eigenvalue weighted by Crippen LogP contribution is 2.28. The van der Waals surface area contributed by atoms with Crippen molar-refractivity contribution < 1.29 is 14.0 Å². The minimum atomic E-state index is -0.437. The molecule has 188 valence electrons. The van der Waals surface area contributed by atoms with Crippen LogP contribution in [-0.2, 0) is 0 Å². The fourth-order valence-electron chi connectivity index (χ4n) is 4.20. The molecule has 1 saturated heterocycles. The molecule has 1 aliphatic rings. The summed E-state index contributed by atoms with van der Waals surface area (Å²) in [7, 11) is 0. The summed E-state index contributed by atoms with van der Waals surface area (Å²) in [5, 5.41) is 15.0. The topological polar surface area (TPSA) is 101 Å². The van der Waals surface area contributed by atoms with Crippen LogP contribution in [0.1, 0.15) is 34.5 Å². The first-order chi connectivity index (χ1) is 17.9. The van der Waals surface area contributed by atoms with E-state index in [0.29, 0.717) is 36.8 Å². The van der Waals surface area contributed by atoms with Crippen LogP contribution < -0.4 is 10.6 Å². The van der Waals surface area contributed by atoms with E-state index in [4.69, 9.17) is 0 Å². The lowest BCUT2D eigenvalue weighted by atomic mass is 10.0. The number of ketones is 1. The van der Waals surface area contributed by atoms with Gasteiger partial charge in [0.25, 0.3) is 0 Å². The smallest absolute Gasteiger partial charge is 0.322 e. The molecule has 2 amide bonds. The van der Waals surface area contributed by atoms with Crippen LogP contribution in [0.25, 0.3) is 0 Å². The fourth-order valence-corrected chi connectivity index (χ4v) is 4.20. The van der Waals surface area contributed by atoms with Gasteiger partial charge in [-0.25, -0.2) is 14.2 Å². The molecule has 1 unspecified atom stereocenters. The second-order valence-corrected chi connectivity index (χ2v) is 8.73. The average Bonchev–Trinajstić information content (AvgIpc) is 2.90. The third kappa shape index (κ3) is 6.11. The number of carbonyl (C=O) groups is 2. The molecule has 1 heterocycles. The third-order valence-electron chi connectivity index (χ3n) is 6.25. The Labute approximate surface area is 215 Å². The number of aryl methyl sites for hydroxylation is 1. The van der Waals surface area contributed by atoms with Crippen molar-refractivity contribution in [3.05, 3.63) is 95.3 Å². The van der Waals surface area contributed by atoms with Gasteiger partial charge < -0.3 is 15.1 Å². The number of halogens is 1. The first-order valence-corrected chi connectivity index (χ1v) is 11.8. The zero-order valence-corrected chi connectivity index (χ0v) is 20.6. The quantitative estimate of drug-likeness (QED) is 0.174. The summed E-state index contributed by atoms with van der Waals surface area (Å²) >= 11 is 0. The lowest BCUT2D eigenvalue weighted by Crippen LogP contribution is -2.55. The molecule has 0 spiro atoms. The third-order valence-corrected chi connectivity index (χ3v) is 6.25. The zero-order chi connectivity index (χ0) is 26.4. The molecule has 37 heavy (non-hydrogen) atoms. The Morgan fingerprint density at radius 1 is 1.03 bits per heavy atom. The standard InChI is InChI=1S/C28H27FN6O2/c1-19-5-3-4-6-25(19)33-27(31-18-30)34-15-16-35(26(17-34)22-7-11-23(29)12-8-22)28(37)32-24-13-9-21(10-14-24)20(2)36/h3-14,26H,15-17H2,1-2H3,(H,31,33)(H,32,37). The van der Waals surface area contributed by atoms with Gasteiger partial charge in [0.1, 0.15) is 5.82 Å². The van der Waals surface area contributed by atoms with Crippen molar-refractivity contribution in [2.75, 3.05) is 25.0 Å². The summed E-state index contributed by atoms with van der Waals surface area (Å²) in [4.78, 5) is 33.2. The Kier molecular flexibility index (Phi) is 7.79. The molecule has 0 radical (unpaired) electrons. The summed E-state index contributed by atoms with van der Waals surface area (Å²) in [6.07, 6.45) is 1.96. The van der Waals surface area contributed by atoms with E-state index in [2.05, 4.69) is 15.6 Å². The van der Waals surface area contributed by atoms with Gasteiger partial charge in [0.05, 0.1) is 11.7 Å². The van der Waals surface area contributed by atoms with Crippen LogP contribution in [0.2, 0.25) is 0 Å². The van der Waals surface area contributed by atoms with Crippen LogP contribution in [0.4, 0.5) is 20.6 Å². The Balaban J connectivity index is 1.61. The monoisotopic (exact) mass is 498 g/mol. The van der Waals surface area contributed by atoms with Gasteiger partial charge in [-0.15, -0.1) is 0 Å². The molecule has 3 aromatic rings. The second kappa shape index (κ2) is 11.4. The molecule has 1 atom stereocenters. The average molecular weight is 499 g/mol. The van der Waals surface area contributed by atoms with E-state index in [9.17, 15) is 19.2 Å². The molecule has 0 bridgehead atoms. The van der Waals surface area contributed by atoms with Crippen LogP contribution in [0.15, 0.2) is 77.8 Å². The van der Waals surface area contributed by atoms with Crippen LogP contribution in [0.5, 0.6) is 0 Å². The normalized spacial score (nSPS) is 15.6. The number of anilines is 1. The van der Waals surface area contributed by atoms with Crippen LogP contribution in [0.3, 0.4) is 0 Å². The lowest BCUT2D eigenvalue weighted by Gasteiger charge is -2.42. The predicted molar refractivity (Wildman–Crippen MR) is 140 cm³/mol. The van der Waals surface area contributed by atoms with E-state index in [1.165, 1.54) is 19.1 Å². The molecule has 0 saturated carbocycles. The van der Waals surface area contributed by atoms with Gasteiger partial charge >= 0.3 is 6.03 Å². The number of nitrogens with one attached hydrogen (secondary N) is 2. The number of aliphatic imine (C=N–C) groups is 1. The molecule has 8 nitrogen and oxygen atoms in total. The molecule has 0 aromatic heterocycles. The highest BCUT2D eigenvalue weighted by molar-refractivity contribution is 5.95. The number of hydrogen-bond donors (Lipinski definition) is 2. The van der Waals surface area contributed by atoms with Gasteiger partial charge in [0, 0.05) is 30.9 Å². The Morgan fingerprint density at radius 3 is 2.38 bits per heavy atom. The van der Waals surface area contributed by atoms with E-state index in [1.807, 2.05) is 42.3 Å². The molecule has 0 aliphatic carbocycles. The van der Waals surface area contributed by atoms with Gasteiger partial charge in [0.15, 0.2) is 12.0 Å². The maximum atomic E-state index is 13.7. The van der Waals surface area contributed by atoms with Gasteiger partial charge in [0.2, 0.25) is 5.96 Å². The first kappa shape index (κ1) is 25.4. The minimum absolute atomic E-state index is 0.0560. The largest absolute Gasteiger partial charge is 0.338 e.